The summed E-state index contributed by atoms with van der Waals surface area (Å²) in [7, 11) is -1.74. The number of piperidine rings is 1. The van der Waals surface area contributed by atoms with E-state index >= 15 is 0 Å². The van der Waals surface area contributed by atoms with Crippen LogP contribution < -0.4 is 5.73 Å². The van der Waals surface area contributed by atoms with Crippen molar-refractivity contribution in [2.75, 3.05) is 20.2 Å². The second-order valence-corrected chi connectivity index (χ2v) is 7.38. The predicted octanol–water partition coefficient (Wildman–Crippen LogP) is 0.875. The molecule has 102 valence electrons. The number of thiophene rings is 1. The molecule has 2 N–H and O–H groups in total. The molecule has 2 heterocycles. The van der Waals surface area contributed by atoms with Crippen LogP contribution in [0.1, 0.15) is 12.8 Å². The molecule has 1 fully saturated rings. The standard InChI is InChI=1S/C11H18N2O3S2/c1-16-10-4-5-13(9(7-10)8-12)18(14,15)11-3-2-6-17-11/h2-3,6,9-10H,4-5,7-8,12H2,1H3. The molecule has 1 aromatic heterocycles. The zero-order chi connectivity index (χ0) is 13.2. The molecule has 2 atom stereocenters. The molecule has 0 saturated carbocycles. The van der Waals surface area contributed by atoms with Gasteiger partial charge in [0, 0.05) is 26.2 Å². The Morgan fingerprint density at radius 2 is 2.39 bits per heavy atom. The molecule has 0 bridgehead atoms. The maximum absolute atomic E-state index is 12.5. The fourth-order valence-electron chi connectivity index (χ4n) is 2.26. The quantitative estimate of drug-likeness (QED) is 0.893. The van der Waals surface area contributed by atoms with Crippen LogP contribution in [0.5, 0.6) is 0 Å². The van der Waals surface area contributed by atoms with Gasteiger partial charge in [-0.1, -0.05) is 6.07 Å². The molecule has 1 aliphatic heterocycles. The van der Waals surface area contributed by atoms with Gasteiger partial charge in [0.15, 0.2) is 0 Å². The van der Waals surface area contributed by atoms with Gasteiger partial charge in [-0.2, -0.15) is 4.31 Å². The van der Waals surface area contributed by atoms with Crippen molar-refractivity contribution in [3.05, 3.63) is 17.5 Å². The van der Waals surface area contributed by atoms with Crippen molar-refractivity contribution in [3.63, 3.8) is 0 Å². The minimum absolute atomic E-state index is 0.105. The highest BCUT2D eigenvalue weighted by molar-refractivity contribution is 7.91. The van der Waals surface area contributed by atoms with E-state index in [4.69, 9.17) is 10.5 Å². The normalized spacial score (nSPS) is 26.3. The van der Waals surface area contributed by atoms with E-state index in [0.29, 0.717) is 23.7 Å². The highest BCUT2D eigenvalue weighted by Gasteiger charge is 2.36. The fraction of sp³-hybridized carbons (Fsp3) is 0.636. The second kappa shape index (κ2) is 5.66. The van der Waals surface area contributed by atoms with Crippen molar-refractivity contribution in [1.29, 1.82) is 0 Å². The number of ether oxygens (including phenoxy) is 1. The summed E-state index contributed by atoms with van der Waals surface area (Å²) in [6.07, 6.45) is 1.49. The molecular formula is C11H18N2O3S2. The van der Waals surface area contributed by atoms with Crippen molar-refractivity contribution < 1.29 is 13.2 Å². The summed E-state index contributed by atoms with van der Waals surface area (Å²) in [4.78, 5) is 0. The third-order valence-electron chi connectivity index (χ3n) is 3.28. The molecule has 7 heteroatoms. The van der Waals surface area contributed by atoms with Crippen LogP contribution in [0.25, 0.3) is 0 Å². The van der Waals surface area contributed by atoms with Crippen LogP contribution >= 0.6 is 11.3 Å². The van der Waals surface area contributed by atoms with Crippen LogP contribution in [0.15, 0.2) is 21.7 Å². The zero-order valence-corrected chi connectivity index (χ0v) is 11.9. The Balaban J connectivity index is 2.22. The lowest BCUT2D eigenvalue weighted by Crippen LogP contribution is -2.50. The van der Waals surface area contributed by atoms with Crippen molar-refractivity contribution in [2.45, 2.75) is 29.2 Å². The predicted molar refractivity (Wildman–Crippen MR) is 71.1 cm³/mol. The summed E-state index contributed by atoms with van der Waals surface area (Å²) in [6, 6.07) is 3.21. The van der Waals surface area contributed by atoms with E-state index in [1.54, 1.807) is 24.6 Å². The minimum atomic E-state index is -3.40. The lowest BCUT2D eigenvalue weighted by Gasteiger charge is -2.37. The Labute approximate surface area is 112 Å². The second-order valence-electron chi connectivity index (χ2n) is 4.32. The molecule has 2 rings (SSSR count). The van der Waals surface area contributed by atoms with Gasteiger partial charge in [-0.25, -0.2) is 8.42 Å². The van der Waals surface area contributed by atoms with Gasteiger partial charge < -0.3 is 10.5 Å². The monoisotopic (exact) mass is 290 g/mol. The zero-order valence-electron chi connectivity index (χ0n) is 10.3. The van der Waals surface area contributed by atoms with Crippen LogP contribution in [-0.2, 0) is 14.8 Å². The van der Waals surface area contributed by atoms with Gasteiger partial charge in [-0.15, -0.1) is 11.3 Å². The molecule has 0 aliphatic carbocycles. The third-order valence-corrected chi connectivity index (χ3v) is 6.60. The van der Waals surface area contributed by atoms with Crippen molar-refractivity contribution in [2.24, 2.45) is 5.73 Å². The van der Waals surface area contributed by atoms with E-state index in [-0.39, 0.29) is 12.1 Å². The van der Waals surface area contributed by atoms with Crippen molar-refractivity contribution >= 4 is 21.4 Å². The Morgan fingerprint density at radius 1 is 1.61 bits per heavy atom. The summed E-state index contributed by atoms with van der Waals surface area (Å²) in [5.74, 6) is 0. The molecule has 0 radical (unpaired) electrons. The van der Waals surface area contributed by atoms with Crippen molar-refractivity contribution in [1.82, 2.24) is 4.31 Å². The summed E-state index contributed by atoms with van der Waals surface area (Å²) in [6.45, 7) is 0.797. The fourth-order valence-corrected chi connectivity index (χ4v) is 5.04. The lowest BCUT2D eigenvalue weighted by molar-refractivity contribution is 0.0402. The Morgan fingerprint density at radius 3 is 2.94 bits per heavy atom. The molecule has 2 unspecified atom stereocenters. The van der Waals surface area contributed by atoms with Gasteiger partial charge in [0.25, 0.3) is 10.0 Å². The summed E-state index contributed by atoms with van der Waals surface area (Å²) in [5.41, 5.74) is 5.70. The van der Waals surface area contributed by atoms with E-state index in [1.807, 2.05) is 0 Å². The summed E-state index contributed by atoms with van der Waals surface area (Å²) >= 11 is 1.24. The molecule has 0 spiro atoms. The van der Waals surface area contributed by atoms with E-state index in [0.717, 1.165) is 6.42 Å². The van der Waals surface area contributed by atoms with Crippen LogP contribution in [-0.4, -0.2) is 45.1 Å². The minimum Gasteiger partial charge on any atom is -0.381 e. The molecule has 1 aliphatic rings. The van der Waals surface area contributed by atoms with Crippen molar-refractivity contribution in [3.8, 4) is 0 Å². The molecule has 1 aromatic rings. The highest BCUT2D eigenvalue weighted by atomic mass is 32.2. The maximum atomic E-state index is 12.5. The van der Waals surface area contributed by atoms with Crippen LogP contribution in [0.3, 0.4) is 0 Å². The number of hydrogen-bond donors (Lipinski definition) is 1. The van der Waals surface area contributed by atoms with Gasteiger partial charge in [0.1, 0.15) is 4.21 Å². The van der Waals surface area contributed by atoms with Gasteiger partial charge >= 0.3 is 0 Å². The van der Waals surface area contributed by atoms with E-state index < -0.39 is 10.0 Å². The number of methoxy groups -OCH3 is 1. The van der Waals surface area contributed by atoms with E-state index in [2.05, 4.69) is 0 Å². The van der Waals surface area contributed by atoms with Gasteiger partial charge in [-0.05, 0) is 24.3 Å². The molecule has 0 amide bonds. The largest absolute Gasteiger partial charge is 0.381 e. The Hall–Kier alpha value is -0.470. The number of rotatable bonds is 4. The molecular weight excluding hydrogens is 272 g/mol. The third kappa shape index (κ3) is 2.60. The average molecular weight is 290 g/mol. The number of sulfonamides is 1. The van der Waals surface area contributed by atoms with Gasteiger partial charge in [0.2, 0.25) is 0 Å². The number of nitrogens with zero attached hydrogens (tertiary/aromatic N) is 1. The van der Waals surface area contributed by atoms with E-state index in [1.165, 1.54) is 15.6 Å². The first-order valence-corrected chi connectivity index (χ1v) is 8.19. The number of nitrogens with two attached hydrogens (primary N) is 1. The van der Waals surface area contributed by atoms with Crippen LogP contribution in [0.4, 0.5) is 0 Å². The summed E-state index contributed by atoms with van der Waals surface area (Å²) in [5, 5.41) is 1.77. The smallest absolute Gasteiger partial charge is 0.252 e. The van der Waals surface area contributed by atoms with Crippen LogP contribution in [0, 0.1) is 0 Å². The first-order valence-electron chi connectivity index (χ1n) is 5.87. The molecule has 18 heavy (non-hydrogen) atoms. The SMILES string of the molecule is COC1CCN(S(=O)(=O)c2cccs2)C(CN)C1. The average Bonchev–Trinajstić information content (AvgIpc) is 2.92. The number of hydrogen-bond acceptors (Lipinski definition) is 5. The van der Waals surface area contributed by atoms with E-state index in [9.17, 15) is 8.42 Å². The van der Waals surface area contributed by atoms with Crippen LogP contribution in [0.2, 0.25) is 0 Å². The molecule has 1 saturated heterocycles. The first kappa shape index (κ1) is 14.0. The van der Waals surface area contributed by atoms with Gasteiger partial charge in [-0.3, -0.25) is 0 Å². The Kier molecular flexibility index (Phi) is 4.39. The molecule has 5 nitrogen and oxygen atoms in total. The van der Waals surface area contributed by atoms with Gasteiger partial charge in [0.05, 0.1) is 6.10 Å². The lowest BCUT2D eigenvalue weighted by atomic mass is 10.0. The Bertz CT molecular complexity index is 472. The molecule has 0 aromatic carbocycles. The highest BCUT2D eigenvalue weighted by Crippen LogP contribution is 2.28. The summed E-state index contributed by atoms with van der Waals surface area (Å²) < 4.78 is 32.1. The first-order chi connectivity index (χ1) is 8.59. The maximum Gasteiger partial charge on any atom is 0.252 e. The topological polar surface area (TPSA) is 72.6 Å².